The van der Waals surface area contributed by atoms with Crippen molar-refractivity contribution in [3.8, 4) is 79.0 Å². The molecule has 0 N–H and O–H groups in total. The lowest BCUT2D eigenvalue weighted by Gasteiger charge is -2.22. The van der Waals surface area contributed by atoms with Crippen molar-refractivity contribution in [3.63, 3.8) is 0 Å². The molecular formula is C46H31N3O. The lowest BCUT2D eigenvalue weighted by Crippen LogP contribution is -2.14. The number of hydrogen-bond donors (Lipinski definition) is 0. The Kier molecular flexibility index (Phi) is 6.19. The Morgan fingerprint density at radius 1 is 0.420 bits per heavy atom. The van der Waals surface area contributed by atoms with Crippen molar-refractivity contribution in [1.29, 1.82) is 0 Å². The third-order valence-corrected chi connectivity index (χ3v) is 10.4. The molecular weight excluding hydrogens is 611 g/mol. The first-order valence-electron chi connectivity index (χ1n) is 17.0. The van der Waals surface area contributed by atoms with Gasteiger partial charge in [-0.1, -0.05) is 147 Å². The van der Waals surface area contributed by atoms with Gasteiger partial charge in [0.05, 0.1) is 0 Å². The maximum Gasteiger partial charge on any atom is 0.164 e. The summed E-state index contributed by atoms with van der Waals surface area (Å²) in [6.07, 6.45) is 0. The van der Waals surface area contributed by atoms with E-state index in [4.69, 9.17) is 19.7 Å². The molecule has 2 heterocycles. The van der Waals surface area contributed by atoms with Crippen molar-refractivity contribution >= 4 is 10.8 Å². The first-order valence-corrected chi connectivity index (χ1v) is 17.0. The van der Waals surface area contributed by atoms with Gasteiger partial charge in [-0.2, -0.15) is 0 Å². The van der Waals surface area contributed by atoms with Crippen LogP contribution in [0.1, 0.15) is 25.0 Å². The molecule has 4 nitrogen and oxygen atoms in total. The summed E-state index contributed by atoms with van der Waals surface area (Å²) in [5, 5.41) is 2.35. The Hall–Kier alpha value is -6.39. The lowest BCUT2D eigenvalue weighted by molar-refractivity contribution is 0.487. The molecule has 1 aliphatic carbocycles. The third-order valence-electron chi connectivity index (χ3n) is 10.4. The minimum Gasteiger partial charge on any atom is -0.456 e. The SMILES string of the molecule is CC1(C)c2ccccc2-c2c(-c3nc(-c4ccccc4)nc(-c4ccc(-c5ccc6c(c5)Oc5cccc7cccc-6c57)cc4)n3)cccc21. The van der Waals surface area contributed by atoms with E-state index in [1.54, 1.807) is 0 Å². The molecule has 0 unspecified atom stereocenters. The second-order valence-corrected chi connectivity index (χ2v) is 13.6. The van der Waals surface area contributed by atoms with Crippen molar-refractivity contribution in [1.82, 2.24) is 15.0 Å². The van der Waals surface area contributed by atoms with E-state index in [1.165, 1.54) is 38.6 Å². The minimum atomic E-state index is -0.117. The maximum atomic E-state index is 6.45. The molecule has 4 heteroatoms. The van der Waals surface area contributed by atoms with Gasteiger partial charge in [-0.15, -0.1) is 0 Å². The van der Waals surface area contributed by atoms with Crippen LogP contribution in [0.3, 0.4) is 0 Å². The first kappa shape index (κ1) is 28.6. The molecule has 0 radical (unpaired) electrons. The number of nitrogens with zero attached hydrogens (tertiary/aromatic N) is 3. The molecule has 50 heavy (non-hydrogen) atoms. The van der Waals surface area contributed by atoms with Crippen LogP contribution in [0.4, 0.5) is 0 Å². The number of benzene rings is 7. The quantitative estimate of drug-likeness (QED) is 0.192. The van der Waals surface area contributed by atoms with Crippen molar-refractivity contribution in [3.05, 3.63) is 163 Å². The van der Waals surface area contributed by atoms with Crippen LogP contribution in [-0.4, -0.2) is 15.0 Å². The molecule has 1 aromatic heterocycles. The van der Waals surface area contributed by atoms with Crippen molar-refractivity contribution in [2.45, 2.75) is 19.3 Å². The topological polar surface area (TPSA) is 47.9 Å². The zero-order valence-corrected chi connectivity index (χ0v) is 27.7. The van der Waals surface area contributed by atoms with Gasteiger partial charge >= 0.3 is 0 Å². The summed E-state index contributed by atoms with van der Waals surface area (Å²) in [6, 6.07) is 53.0. The Morgan fingerprint density at radius 3 is 1.84 bits per heavy atom. The predicted octanol–water partition coefficient (Wildman–Crippen LogP) is 11.8. The number of rotatable bonds is 4. The van der Waals surface area contributed by atoms with Gasteiger partial charge in [-0.05, 0) is 62.5 Å². The molecule has 0 fully saturated rings. The second kappa shape index (κ2) is 10.8. The highest BCUT2D eigenvalue weighted by atomic mass is 16.5. The van der Waals surface area contributed by atoms with Crippen LogP contribution in [-0.2, 0) is 5.41 Å². The van der Waals surface area contributed by atoms with Crippen molar-refractivity contribution in [2.24, 2.45) is 0 Å². The van der Waals surface area contributed by atoms with E-state index in [0.717, 1.165) is 44.9 Å². The fraction of sp³-hybridized carbons (Fsp3) is 0.0652. The van der Waals surface area contributed by atoms with Crippen LogP contribution >= 0.6 is 0 Å². The molecule has 0 spiro atoms. The van der Waals surface area contributed by atoms with E-state index >= 15 is 0 Å². The minimum absolute atomic E-state index is 0.117. The largest absolute Gasteiger partial charge is 0.456 e. The van der Waals surface area contributed by atoms with Gasteiger partial charge in [0.15, 0.2) is 17.5 Å². The number of ether oxygens (including phenoxy) is 1. The fourth-order valence-corrected chi connectivity index (χ4v) is 7.84. The molecule has 0 atom stereocenters. The van der Waals surface area contributed by atoms with Gasteiger partial charge in [0.25, 0.3) is 0 Å². The Bertz CT molecular complexity index is 2640. The van der Waals surface area contributed by atoms with E-state index in [2.05, 4.69) is 141 Å². The van der Waals surface area contributed by atoms with E-state index in [-0.39, 0.29) is 5.41 Å². The van der Waals surface area contributed by atoms with Crippen LogP contribution in [0.15, 0.2) is 152 Å². The van der Waals surface area contributed by atoms with Crippen LogP contribution in [0.2, 0.25) is 0 Å². The summed E-state index contributed by atoms with van der Waals surface area (Å²) in [5.74, 6) is 3.73. The van der Waals surface area contributed by atoms with Gasteiger partial charge in [-0.25, -0.2) is 15.0 Å². The zero-order chi connectivity index (χ0) is 33.4. The highest BCUT2D eigenvalue weighted by Crippen LogP contribution is 2.52. The van der Waals surface area contributed by atoms with E-state index in [1.807, 2.05) is 24.3 Å². The average Bonchev–Trinajstić information content (AvgIpc) is 3.41. The molecule has 7 aromatic carbocycles. The number of fused-ring (bicyclic) bond motifs is 5. The summed E-state index contributed by atoms with van der Waals surface area (Å²) in [7, 11) is 0. The summed E-state index contributed by atoms with van der Waals surface area (Å²) in [5.41, 5.74) is 12.3. The standard InChI is InChI=1S/C46H31N3O/c1-46(2)37-18-7-6-15-35(37)42-36(17-10-19-38(42)46)45-48-43(30-11-4-3-5-12-30)47-44(49-45)31-23-21-28(22-24-31)32-25-26-33-34-16-8-13-29-14-9-20-39(41(29)34)50-40(33)27-32/h3-27H,1-2H3. The highest BCUT2D eigenvalue weighted by Gasteiger charge is 2.37. The summed E-state index contributed by atoms with van der Waals surface area (Å²) in [6.45, 7) is 4.59. The lowest BCUT2D eigenvalue weighted by atomic mass is 9.82. The Labute approximate surface area is 290 Å². The maximum absolute atomic E-state index is 6.45. The molecule has 10 rings (SSSR count). The molecule has 0 saturated heterocycles. The van der Waals surface area contributed by atoms with E-state index in [0.29, 0.717) is 17.5 Å². The molecule has 236 valence electrons. The highest BCUT2D eigenvalue weighted by molar-refractivity contribution is 6.04. The zero-order valence-electron chi connectivity index (χ0n) is 27.7. The van der Waals surface area contributed by atoms with Gasteiger partial charge < -0.3 is 4.74 Å². The average molecular weight is 642 g/mol. The molecule has 0 bridgehead atoms. The number of aromatic nitrogens is 3. The molecule has 0 amide bonds. The third kappa shape index (κ3) is 4.35. The Morgan fingerprint density at radius 2 is 1.02 bits per heavy atom. The molecule has 8 aromatic rings. The normalized spacial score (nSPS) is 13.3. The van der Waals surface area contributed by atoms with Crippen LogP contribution < -0.4 is 4.74 Å². The van der Waals surface area contributed by atoms with E-state index < -0.39 is 0 Å². The summed E-state index contributed by atoms with van der Waals surface area (Å²) in [4.78, 5) is 15.3. The molecule has 0 saturated carbocycles. The van der Waals surface area contributed by atoms with Crippen LogP contribution in [0, 0.1) is 0 Å². The van der Waals surface area contributed by atoms with E-state index in [9.17, 15) is 0 Å². The summed E-state index contributed by atoms with van der Waals surface area (Å²) >= 11 is 0. The van der Waals surface area contributed by atoms with Crippen LogP contribution in [0.25, 0.3) is 78.3 Å². The smallest absolute Gasteiger partial charge is 0.164 e. The van der Waals surface area contributed by atoms with Gasteiger partial charge in [0, 0.05) is 33.1 Å². The van der Waals surface area contributed by atoms with Crippen LogP contribution in [0.5, 0.6) is 11.5 Å². The summed E-state index contributed by atoms with van der Waals surface area (Å²) < 4.78 is 6.45. The first-order chi connectivity index (χ1) is 24.5. The van der Waals surface area contributed by atoms with Gasteiger partial charge in [0.2, 0.25) is 0 Å². The Balaban J connectivity index is 1.07. The van der Waals surface area contributed by atoms with Crippen molar-refractivity contribution < 1.29 is 4.74 Å². The van der Waals surface area contributed by atoms with Gasteiger partial charge in [0.1, 0.15) is 11.5 Å². The van der Waals surface area contributed by atoms with Gasteiger partial charge in [-0.3, -0.25) is 0 Å². The predicted molar refractivity (Wildman–Crippen MR) is 202 cm³/mol. The monoisotopic (exact) mass is 641 g/mol. The fourth-order valence-electron chi connectivity index (χ4n) is 7.84. The molecule has 2 aliphatic rings. The number of hydrogen-bond acceptors (Lipinski definition) is 4. The molecule has 1 aliphatic heterocycles. The second-order valence-electron chi connectivity index (χ2n) is 13.6. The van der Waals surface area contributed by atoms with Crippen molar-refractivity contribution in [2.75, 3.05) is 0 Å².